The standard InChI is InChI=1S/C28H6BF13O2/c30-7-4-5-9(31)11(6-7)43-29(8-2-1-3-10(32)18(8)33)44-28-17-13-12-14(19(34)20(35)16(13)24(39)27(28)42)22(37)26(41)23(38)15(12)21(36)25(17)40/h1-6H. The van der Waals surface area contributed by atoms with Crippen LogP contribution in [0.25, 0.3) is 32.3 Å². The zero-order valence-electron chi connectivity index (χ0n) is 20.8. The first kappa shape index (κ1) is 29.2. The molecule has 0 atom stereocenters. The van der Waals surface area contributed by atoms with Crippen LogP contribution in [-0.4, -0.2) is 7.12 Å². The second kappa shape index (κ2) is 10.1. The van der Waals surface area contributed by atoms with Crippen molar-refractivity contribution in [1.29, 1.82) is 0 Å². The third-order valence-electron chi connectivity index (χ3n) is 6.76. The molecule has 0 saturated carbocycles. The molecule has 0 N–H and O–H groups in total. The van der Waals surface area contributed by atoms with Crippen molar-refractivity contribution in [2.24, 2.45) is 0 Å². The van der Waals surface area contributed by atoms with Crippen LogP contribution in [0.4, 0.5) is 57.1 Å². The van der Waals surface area contributed by atoms with Gasteiger partial charge in [-0.3, -0.25) is 0 Å². The number of rotatable bonds is 5. The maximum Gasteiger partial charge on any atom is 0.635 e. The minimum Gasteiger partial charge on any atom is -0.520 e. The maximum absolute atomic E-state index is 15.6. The second-order valence-electron chi connectivity index (χ2n) is 9.19. The summed E-state index contributed by atoms with van der Waals surface area (Å²) in [5.74, 6) is -31.0. The Labute approximate surface area is 235 Å². The lowest BCUT2D eigenvalue weighted by Gasteiger charge is -2.22. The minimum atomic E-state index is -2.70. The van der Waals surface area contributed by atoms with Gasteiger partial charge in [0.25, 0.3) is 0 Å². The van der Waals surface area contributed by atoms with E-state index in [9.17, 15) is 35.1 Å². The Balaban J connectivity index is 1.74. The zero-order chi connectivity index (χ0) is 31.9. The summed E-state index contributed by atoms with van der Waals surface area (Å²) >= 11 is 0. The summed E-state index contributed by atoms with van der Waals surface area (Å²) in [6, 6.07) is 3.50. The van der Waals surface area contributed by atoms with Crippen molar-refractivity contribution in [3.63, 3.8) is 0 Å². The molecule has 0 unspecified atom stereocenters. The van der Waals surface area contributed by atoms with Crippen molar-refractivity contribution in [2.45, 2.75) is 0 Å². The molecule has 0 amide bonds. The largest absolute Gasteiger partial charge is 0.635 e. The van der Waals surface area contributed by atoms with E-state index in [4.69, 9.17) is 9.31 Å². The molecule has 0 radical (unpaired) electrons. The van der Waals surface area contributed by atoms with Crippen molar-refractivity contribution >= 4 is 44.9 Å². The van der Waals surface area contributed by atoms with E-state index in [2.05, 4.69) is 0 Å². The maximum atomic E-state index is 15.6. The average Bonchev–Trinajstić information content (AvgIpc) is 2.98. The molecule has 2 nitrogen and oxygen atoms in total. The van der Waals surface area contributed by atoms with Crippen LogP contribution in [0.5, 0.6) is 11.5 Å². The molecular weight excluding hydrogens is 626 g/mol. The Bertz CT molecular complexity index is 2160. The smallest absolute Gasteiger partial charge is 0.520 e. The van der Waals surface area contributed by atoms with E-state index in [-0.39, 0.29) is 0 Å². The van der Waals surface area contributed by atoms with Crippen LogP contribution >= 0.6 is 0 Å². The van der Waals surface area contributed by atoms with Crippen LogP contribution in [0.15, 0.2) is 36.4 Å². The third kappa shape index (κ3) is 3.99. The monoisotopic (exact) mass is 632 g/mol. The molecule has 0 spiro atoms. The molecular formula is C28H6BF13O2. The molecule has 0 saturated heterocycles. The Morgan fingerprint density at radius 1 is 0.409 bits per heavy atom. The molecule has 0 aliphatic carbocycles. The molecule has 6 aromatic carbocycles. The average molecular weight is 632 g/mol. The van der Waals surface area contributed by atoms with Gasteiger partial charge in [-0.2, -0.15) is 4.39 Å². The molecule has 16 heteroatoms. The van der Waals surface area contributed by atoms with Crippen LogP contribution in [0.3, 0.4) is 0 Å². The van der Waals surface area contributed by atoms with E-state index in [0.29, 0.717) is 30.3 Å². The van der Waals surface area contributed by atoms with E-state index in [0.717, 1.165) is 6.07 Å². The molecule has 6 aromatic rings. The molecule has 0 fully saturated rings. The van der Waals surface area contributed by atoms with Gasteiger partial charge in [-0.15, -0.1) is 0 Å². The number of hydrogen-bond donors (Lipinski definition) is 0. The summed E-state index contributed by atoms with van der Waals surface area (Å²) in [6.45, 7) is 0. The minimum absolute atomic E-state index is 0.350. The van der Waals surface area contributed by atoms with Gasteiger partial charge in [0.2, 0.25) is 0 Å². The summed E-state index contributed by atoms with van der Waals surface area (Å²) in [6.07, 6.45) is 0. The van der Waals surface area contributed by atoms with Gasteiger partial charge >= 0.3 is 7.12 Å². The van der Waals surface area contributed by atoms with Crippen LogP contribution in [-0.2, 0) is 0 Å². The Morgan fingerprint density at radius 2 is 0.909 bits per heavy atom. The summed E-state index contributed by atoms with van der Waals surface area (Å²) in [5, 5.41) is -10.1. The highest BCUT2D eigenvalue weighted by Crippen LogP contribution is 2.48. The fraction of sp³-hybridized carbons (Fsp3) is 0. The summed E-state index contributed by atoms with van der Waals surface area (Å²) in [7, 11) is -2.70. The highest BCUT2D eigenvalue weighted by molar-refractivity contribution is 6.63. The number of halogens is 13. The fourth-order valence-electron chi connectivity index (χ4n) is 4.85. The van der Waals surface area contributed by atoms with Crippen molar-refractivity contribution in [3.8, 4) is 11.5 Å². The van der Waals surface area contributed by atoms with Gasteiger partial charge in [0.1, 0.15) is 11.6 Å². The van der Waals surface area contributed by atoms with Crippen molar-refractivity contribution in [3.05, 3.63) is 112 Å². The fourth-order valence-corrected chi connectivity index (χ4v) is 4.85. The molecule has 224 valence electrons. The lowest BCUT2D eigenvalue weighted by Crippen LogP contribution is -2.45. The summed E-state index contributed by atoms with van der Waals surface area (Å²) in [4.78, 5) is 0. The Hall–Kier alpha value is -4.89. The number of benzene rings is 6. The topological polar surface area (TPSA) is 18.5 Å². The first-order valence-corrected chi connectivity index (χ1v) is 11.9. The third-order valence-corrected chi connectivity index (χ3v) is 6.76. The normalized spacial score (nSPS) is 11.8. The molecule has 0 aliphatic heterocycles. The van der Waals surface area contributed by atoms with E-state index >= 15 is 22.0 Å². The van der Waals surface area contributed by atoms with Crippen molar-refractivity contribution in [1.82, 2.24) is 0 Å². The predicted octanol–water partition coefficient (Wildman–Crippen LogP) is 8.25. The molecule has 0 aliphatic rings. The molecule has 6 rings (SSSR count). The van der Waals surface area contributed by atoms with Gasteiger partial charge in [-0.05, 0) is 18.2 Å². The van der Waals surface area contributed by atoms with E-state index in [1.165, 1.54) is 0 Å². The van der Waals surface area contributed by atoms with E-state index < -0.39 is 132 Å². The molecule has 0 bridgehead atoms. The highest BCUT2D eigenvalue weighted by atomic mass is 19.2. The van der Waals surface area contributed by atoms with Crippen LogP contribution < -0.4 is 14.8 Å². The molecule has 0 aromatic heterocycles. The molecule has 44 heavy (non-hydrogen) atoms. The highest BCUT2D eigenvalue weighted by Gasteiger charge is 2.39. The van der Waals surface area contributed by atoms with Crippen LogP contribution in [0, 0.1) is 75.6 Å². The first-order valence-electron chi connectivity index (χ1n) is 11.9. The molecule has 0 heterocycles. The lowest BCUT2D eigenvalue weighted by molar-refractivity contribution is 0.392. The Kier molecular flexibility index (Phi) is 6.70. The van der Waals surface area contributed by atoms with E-state index in [1.807, 2.05) is 0 Å². The van der Waals surface area contributed by atoms with Gasteiger partial charge in [0.15, 0.2) is 75.6 Å². The Morgan fingerprint density at radius 3 is 1.50 bits per heavy atom. The van der Waals surface area contributed by atoms with Gasteiger partial charge < -0.3 is 9.31 Å². The van der Waals surface area contributed by atoms with Crippen molar-refractivity contribution < 1.29 is 66.4 Å². The van der Waals surface area contributed by atoms with Gasteiger partial charge in [-0.25, -0.2) is 52.7 Å². The lowest BCUT2D eigenvalue weighted by atomic mass is 9.77. The first-order chi connectivity index (χ1) is 20.8. The SMILES string of the molecule is Fc1ccc(F)c(OB(Oc2c(F)c(F)c3c(F)c(F)c4c(F)c(F)c(F)c5c(F)c(F)c2c3c45)c2cccc(F)c2F)c1. The van der Waals surface area contributed by atoms with Gasteiger partial charge in [0, 0.05) is 16.8 Å². The van der Waals surface area contributed by atoms with Gasteiger partial charge in [0.05, 0.1) is 27.0 Å². The van der Waals surface area contributed by atoms with Gasteiger partial charge in [-0.1, -0.05) is 12.1 Å². The van der Waals surface area contributed by atoms with Crippen LogP contribution in [0.2, 0.25) is 0 Å². The van der Waals surface area contributed by atoms with Crippen LogP contribution in [0.1, 0.15) is 0 Å². The quantitative estimate of drug-likeness (QED) is 0.0826. The number of hydrogen-bond acceptors (Lipinski definition) is 2. The summed E-state index contributed by atoms with van der Waals surface area (Å²) in [5.41, 5.74) is -1.09. The second-order valence-corrected chi connectivity index (χ2v) is 9.19. The zero-order valence-corrected chi connectivity index (χ0v) is 20.8. The van der Waals surface area contributed by atoms with E-state index in [1.54, 1.807) is 0 Å². The van der Waals surface area contributed by atoms with Crippen molar-refractivity contribution in [2.75, 3.05) is 0 Å². The summed E-state index contributed by atoms with van der Waals surface area (Å²) < 4.78 is 202. The predicted molar refractivity (Wildman–Crippen MR) is 129 cm³/mol.